The highest BCUT2D eigenvalue weighted by molar-refractivity contribution is 7.26. The third kappa shape index (κ3) is 4.24. The summed E-state index contributed by atoms with van der Waals surface area (Å²) in [5.41, 5.74) is 11.5. The van der Waals surface area contributed by atoms with Crippen molar-refractivity contribution >= 4 is 70.1 Å². The molecule has 1 aliphatic rings. The van der Waals surface area contributed by atoms with Crippen LogP contribution < -0.4 is 4.90 Å². The van der Waals surface area contributed by atoms with E-state index in [1.54, 1.807) is 0 Å². The molecule has 1 aromatic heterocycles. The van der Waals surface area contributed by atoms with Gasteiger partial charge in [0.15, 0.2) is 0 Å². The molecule has 1 nitrogen and oxygen atoms in total. The molecular formula is C47H33NS. The molecule has 232 valence electrons. The molecule has 0 bridgehead atoms. The SMILES string of the molecule is CC1(C)c2ccccc2-c2c(-c3ccc4cc(N(c5ccccc5)c5cccc6sc7ccccc7c56)ccc4c3)cc3ccccc3c21. The minimum Gasteiger partial charge on any atom is -0.310 e. The maximum absolute atomic E-state index is 2.42. The Kier molecular flexibility index (Phi) is 6.16. The lowest BCUT2D eigenvalue weighted by atomic mass is 9.79. The quantitative estimate of drug-likeness (QED) is 0.184. The average molecular weight is 644 g/mol. The van der Waals surface area contributed by atoms with Gasteiger partial charge < -0.3 is 4.90 Å². The highest BCUT2D eigenvalue weighted by Crippen LogP contribution is 2.55. The van der Waals surface area contributed by atoms with Crippen molar-refractivity contribution in [1.29, 1.82) is 0 Å². The topological polar surface area (TPSA) is 3.24 Å². The van der Waals surface area contributed by atoms with E-state index < -0.39 is 0 Å². The summed E-state index contributed by atoms with van der Waals surface area (Å²) in [5.74, 6) is 0. The summed E-state index contributed by atoms with van der Waals surface area (Å²) >= 11 is 1.86. The lowest BCUT2D eigenvalue weighted by molar-refractivity contribution is 0.666. The molecule has 0 saturated heterocycles. The van der Waals surface area contributed by atoms with E-state index in [2.05, 4.69) is 183 Å². The molecule has 0 atom stereocenters. The molecule has 9 aromatic rings. The summed E-state index contributed by atoms with van der Waals surface area (Å²) < 4.78 is 2.62. The van der Waals surface area contributed by atoms with Crippen molar-refractivity contribution in [1.82, 2.24) is 0 Å². The smallest absolute Gasteiger partial charge is 0.0554 e. The second-order valence-electron chi connectivity index (χ2n) is 13.7. The number of nitrogens with zero attached hydrogens (tertiary/aromatic N) is 1. The zero-order chi connectivity index (χ0) is 32.7. The van der Waals surface area contributed by atoms with Gasteiger partial charge in [-0.3, -0.25) is 0 Å². The molecule has 10 rings (SSSR count). The first-order valence-corrected chi connectivity index (χ1v) is 17.8. The van der Waals surface area contributed by atoms with Gasteiger partial charge >= 0.3 is 0 Å². The molecule has 0 N–H and O–H groups in total. The zero-order valence-corrected chi connectivity index (χ0v) is 28.3. The summed E-state index contributed by atoms with van der Waals surface area (Å²) in [4.78, 5) is 2.42. The van der Waals surface area contributed by atoms with Gasteiger partial charge in [0.1, 0.15) is 0 Å². The Morgan fingerprint density at radius 3 is 2.10 bits per heavy atom. The van der Waals surface area contributed by atoms with Gasteiger partial charge in [0.25, 0.3) is 0 Å². The van der Waals surface area contributed by atoms with Gasteiger partial charge in [0.2, 0.25) is 0 Å². The summed E-state index contributed by atoms with van der Waals surface area (Å²) in [5, 5.41) is 7.71. The van der Waals surface area contributed by atoms with E-state index in [0.29, 0.717) is 0 Å². The number of fused-ring (bicyclic) bond motifs is 9. The summed E-state index contributed by atoms with van der Waals surface area (Å²) in [6.07, 6.45) is 0. The molecule has 49 heavy (non-hydrogen) atoms. The fraction of sp³-hybridized carbons (Fsp3) is 0.0638. The molecule has 2 heteroatoms. The monoisotopic (exact) mass is 643 g/mol. The first-order valence-electron chi connectivity index (χ1n) is 17.0. The Hall–Kier alpha value is -5.70. The number of benzene rings is 8. The minimum absolute atomic E-state index is 0.0785. The Morgan fingerprint density at radius 1 is 0.490 bits per heavy atom. The van der Waals surface area contributed by atoms with Crippen LogP contribution in [0.2, 0.25) is 0 Å². The van der Waals surface area contributed by atoms with Gasteiger partial charge in [-0.05, 0) is 110 Å². The summed E-state index contributed by atoms with van der Waals surface area (Å²) in [6, 6.07) is 60.5. The van der Waals surface area contributed by atoms with E-state index in [4.69, 9.17) is 0 Å². The lowest BCUT2D eigenvalue weighted by Gasteiger charge is -2.27. The standard InChI is InChI=1S/C47H33NS/c1-47(2)40-19-10-8-17-37(40)44-39(29-32-13-6-7-16-36(32)46(44)47)33-24-23-31-28-35(26-25-30(31)27-33)48(34-14-4-3-5-15-34)41-20-12-22-43-45(41)38-18-9-11-21-42(38)49-43/h3-29H,1-2H3. The van der Waals surface area contributed by atoms with Gasteiger partial charge in [0.05, 0.1) is 5.69 Å². The number of thiophene rings is 1. The number of hydrogen-bond donors (Lipinski definition) is 0. The molecule has 0 spiro atoms. The van der Waals surface area contributed by atoms with Gasteiger partial charge in [-0.15, -0.1) is 11.3 Å². The number of rotatable bonds is 4. The molecular weight excluding hydrogens is 611 g/mol. The normalized spacial score (nSPS) is 13.3. The molecule has 0 saturated carbocycles. The van der Waals surface area contributed by atoms with Crippen LogP contribution in [0.25, 0.3) is 64.0 Å². The van der Waals surface area contributed by atoms with Crippen LogP contribution in [0.15, 0.2) is 164 Å². The van der Waals surface area contributed by atoms with E-state index in [1.165, 1.54) is 80.8 Å². The molecule has 0 fully saturated rings. The molecule has 8 aromatic carbocycles. The highest BCUT2D eigenvalue weighted by atomic mass is 32.1. The van der Waals surface area contributed by atoms with Crippen molar-refractivity contribution in [2.45, 2.75) is 19.3 Å². The van der Waals surface area contributed by atoms with Gasteiger partial charge in [-0.2, -0.15) is 0 Å². The predicted molar refractivity (Wildman–Crippen MR) is 212 cm³/mol. The molecule has 1 aliphatic carbocycles. The van der Waals surface area contributed by atoms with Crippen molar-refractivity contribution in [3.8, 4) is 22.3 Å². The number of anilines is 3. The first kappa shape index (κ1) is 28.3. The number of hydrogen-bond acceptors (Lipinski definition) is 2. The fourth-order valence-corrected chi connectivity index (χ4v) is 9.50. The summed E-state index contributed by atoms with van der Waals surface area (Å²) in [6.45, 7) is 4.77. The van der Waals surface area contributed by atoms with Crippen LogP contribution in [0.5, 0.6) is 0 Å². The van der Waals surface area contributed by atoms with Gasteiger partial charge in [-0.25, -0.2) is 0 Å². The molecule has 0 radical (unpaired) electrons. The van der Waals surface area contributed by atoms with E-state index >= 15 is 0 Å². The van der Waals surface area contributed by atoms with Crippen molar-refractivity contribution in [3.05, 3.63) is 175 Å². The largest absolute Gasteiger partial charge is 0.310 e. The Balaban J connectivity index is 1.16. The van der Waals surface area contributed by atoms with Gasteiger partial charge in [0, 0.05) is 37.0 Å². The molecule has 0 aliphatic heterocycles. The van der Waals surface area contributed by atoms with Crippen LogP contribution in [0.1, 0.15) is 25.0 Å². The van der Waals surface area contributed by atoms with Crippen LogP contribution in [0, 0.1) is 0 Å². The van der Waals surface area contributed by atoms with E-state index in [0.717, 1.165) is 11.4 Å². The van der Waals surface area contributed by atoms with Crippen LogP contribution in [-0.4, -0.2) is 0 Å². The van der Waals surface area contributed by atoms with E-state index in [-0.39, 0.29) is 5.41 Å². The second-order valence-corrected chi connectivity index (χ2v) is 14.8. The van der Waals surface area contributed by atoms with Crippen LogP contribution in [-0.2, 0) is 5.41 Å². The van der Waals surface area contributed by atoms with Crippen molar-refractivity contribution in [2.75, 3.05) is 4.90 Å². The zero-order valence-electron chi connectivity index (χ0n) is 27.4. The third-order valence-corrected chi connectivity index (χ3v) is 11.7. The Morgan fingerprint density at radius 2 is 1.20 bits per heavy atom. The molecule has 1 heterocycles. The van der Waals surface area contributed by atoms with Crippen LogP contribution in [0.4, 0.5) is 17.1 Å². The minimum atomic E-state index is -0.0785. The van der Waals surface area contributed by atoms with Crippen molar-refractivity contribution in [2.24, 2.45) is 0 Å². The third-order valence-electron chi connectivity index (χ3n) is 10.6. The van der Waals surface area contributed by atoms with E-state index in [9.17, 15) is 0 Å². The summed E-state index contributed by atoms with van der Waals surface area (Å²) in [7, 11) is 0. The second kappa shape index (κ2) is 10.7. The van der Waals surface area contributed by atoms with Gasteiger partial charge in [-0.1, -0.05) is 123 Å². The number of para-hydroxylation sites is 1. The van der Waals surface area contributed by atoms with Crippen molar-refractivity contribution < 1.29 is 0 Å². The maximum Gasteiger partial charge on any atom is 0.0554 e. The Labute approximate surface area is 290 Å². The maximum atomic E-state index is 2.42. The Bertz CT molecular complexity index is 2750. The highest BCUT2D eigenvalue weighted by Gasteiger charge is 2.38. The lowest BCUT2D eigenvalue weighted by Crippen LogP contribution is -2.15. The molecule has 0 amide bonds. The average Bonchev–Trinajstić information content (AvgIpc) is 3.65. The van der Waals surface area contributed by atoms with E-state index in [1.807, 2.05) is 11.3 Å². The van der Waals surface area contributed by atoms with Crippen molar-refractivity contribution in [3.63, 3.8) is 0 Å². The fourth-order valence-electron chi connectivity index (χ4n) is 8.37. The van der Waals surface area contributed by atoms with Crippen LogP contribution in [0.3, 0.4) is 0 Å². The molecule has 0 unspecified atom stereocenters. The van der Waals surface area contributed by atoms with Crippen LogP contribution >= 0.6 is 11.3 Å². The first-order chi connectivity index (χ1) is 24.1. The predicted octanol–water partition coefficient (Wildman–Crippen LogP) is 13.8.